The van der Waals surface area contributed by atoms with Gasteiger partial charge in [-0.25, -0.2) is 0 Å². The number of carbonyl (C=O) groups is 2. The largest absolute Gasteiger partial charge is 0.481 e. The fourth-order valence-corrected chi connectivity index (χ4v) is 2.92. The summed E-state index contributed by atoms with van der Waals surface area (Å²) in [6.07, 6.45) is 3.93. The van der Waals surface area contributed by atoms with Crippen LogP contribution in [0.3, 0.4) is 0 Å². The molecule has 0 unspecified atom stereocenters. The standard InChI is InChI=1S/C19H19NO3/c21-18(22)11-6-13-4-9-17(10-5-13)20-19(23)16-8-7-14-2-1-3-15(14)12-16/h4-5,7-10,12H,1-3,6,11H2,(H,20,23)(H,21,22). The minimum absolute atomic E-state index is 0.112. The smallest absolute Gasteiger partial charge is 0.303 e. The molecule has 23 heavy (non-hydrogen) atoms. The molecule has 3 rings (SSSR count). The number of rotatable bonds is 5. The Morgan fingerprint density at radius 3 is 2.48 bits per heavy atom. The van der Waals surface area contributed by atoms with Gasteiger partial charge >= 0.3 is 5.97 Å². The van der Waals surface area contributed by atoms with Crippen LogP contribution < -0.4 is 5.32 Å². The number of benzene rings is 2. The molecule has 0 aliphatic heterocycles. The van der Waals surface area contributed by atoms with E-state index >= 15 is 0 Å². The molecule has 0 aromatic heterocycles. The monoisotopic (exact) mass is 309 g/mol. The Hall–Kier alpha value is -2.62. The van der Waals surface area contributed by atoms with Crippen molar-refractivity contribution in [2.75, 3.05) is 5.32 Å². The van der Waals surface area contributed by atoms with Gasteiger partial charge in [-0.1, -0.05) is 18.2 Å². The number of nitrogens with one attached hydrogen (secondary N) is 1. The predicted molar refractivity (Wildman–Crippen MR) is 88.8 cm³/mol. The summed E-state index contributed by atoms with van der Waals surface area (Å²) in [6, 6.07) is 13.2. The summed E-state index contributed by atoms with van der Waals surface area (Å²) in [5.41, 5.74) is 4.98. The molecule has 2 aromatic carbocycles. The number of hydrogen-bond acceptors (Lipinski definition) is 2. The van der Waals surface area contributed by atoms with E-state index in [1.807, 2.05) is 42.5 Å². The van der Waals surface area contributed by atoms with E-state index < -0.39 is 5.97 Å². The third-order valence-electron chi connectivity index (χ3n) is 4.20. The normalized spacial score (nSPS) is 12.7. The van der Waals surface area contributed by atoms with Gasteiger partial charge in [-0.05, 0) is 66.6 Å². The molecule has 0 fully saturated rings. The van der Waals surface area contributed by atoms with Crippen LogP contribution in [-0.4, -0.2) is 17.0 Å². The molecule has 0 heterocycles. The molecule has 4 heteroatoms. The SMILES string of the molecule is O=C(O)CCc1ccc(NC(=O)c2ccc3c(c2)CCC3)cc1. The van der Waals surface area contributed by atoms with Gasteiger partial charge in [0.2, 0.25) is 0 Å². The molecule has 1 aliphatic rings. The maximum absolute atomic E-state index is 12.3. The van der Waals surface area contributed by atoms with Crippen LogP contribution in [0.25, 0.3) is 0 Å². The molecule has 0 spiro atoms. The third-order valence-corrected chi connectivity index (χ3v) is 4.20. The Labute approximate surface area is 135 Å². The van der Waals surface area contributed by atoms with E-state index in [9.17, 15) is 9.59 Å². The van der Waals surface area contributed by atoms with Crippen molar-refractivity contribution >= 4 is 17.6 Å². The molecule has 1 aliphatic carbocycles. The van der Waals surface area contributed by atoms with E-state index in [-0.39, 0.29) is 12.3 Å². The van der Waals surface area contributed by atoms with Gasteiger partial charge in [-0.3, -0.25) is 9.59 Å². The van der Waals surface area contributed by atoms with Crippen molar-refractivity contribution < 1.29 is 14.7 Å². The first kappa shape index (κ1) is 15.3. The topological polar surface area (TPSA) is 66.4 Å². The highest BCUT2D eigenvalue weighted by atomic mass is 16.4. The molecule has 0 saturated heterocycles. The zero-order valence-corrected chi connectivity index (χ0v) is 12.8. The first-order valence-electron chi connectivity index (χ1n) is 7.86. The molecule has 4 nitrogen and oxygen atoms in total. The van der Waals surface area contributed by atoms with E-state index in [1.165, 1.54) is 11.1 Å². The molecule has 118 valence electrons. The van der Waals surface area contributed by atoms with E-state index in [4.69, 9.17) is 5.11 Å². The van der Waals surface area contributed by atoms with Crippen molar-refractivity contribution in [3.8, 4) is 0 Å². The number of aryl methyl sites for hydroxylation is 3. The summed E-state index contributed by atoms with van der Waals surface area (Å²) in [5, 5.41) is 11.6. The van der Waals surface area contributed by atoms with Gasteiger partial charge < -0.3 is 10.4 Å². The summed E-state index contributed by atoms with van der Waals surface area (Å²) in [5.74, 6) is -0.919. The zero-order valence-electron chi connectivity index (χ0n) is 12.8. The zero-order chi connectivity index (χ0) is 16.2. The Kier molecular flexibility index (Phi) is 4.42. The number of hydrogen-bond donors (Lipinski definition) is 2. The predicted octanol–water partition coefficient (Wildman–Crippen LogP) is 3.44. The van der Waals surface area contributed by atoms with E-state index in [2.05, 4.69) is 5.32 Å². The second-order valence-electron chi connectivity index (χ2n) is 5.88. The minimum Gasteiger partial charge on any atom is -0.481 e. The highest BCUT2D eigenvalue weighted by molar-refractivity contribution is 6.04. The first-order valence-corrected chi connectivity index (χ1v) is 7.86. The molecule has 2 N–H and O–H groups in total. The molecule has 0 bridgehead atoms. The maximum Gasteiger partial charge on any atom is 0.303 e. The molecular weight excluding hydrogens is 290 g/mol. The average Bonchev–Trinajstić information content (AvgIpc) is 3.01. The number of carboxylic acids is 1. The molecule has 0 saturated carbocycles. The van der Waals surface area contributed by atoms with Gasteiger partial charge in [0.1, 0.15) is 0 Å². The minimum atomic E-state index is -0.806. The fourth-order valence-electron chi connectivity index (χ4n) is 2.92. The highest BCUT2D eigenvalue weighted by Crippen LogP contribution is 2.23. The highest BCUT2D eigenvalue weighted by Gasteiger charge is 2.14. The summed E-state index contributed by atoms with van der Waals surface area (Å²) in [4.78, 5) is 22.9. The van der Waals surface area contributed by atoms with Crippen LogP contribution in [0.1, 0.15) is 39.9 Å². The lowest BCUT2D eigenvalue weighted by molar-refractivity contribution is -0.136. The van der Waals surface area contributed by atoms with Crippen LogP contribution in [0.5, 0.6) is 0 Å². The molecule has 2 aromatic rings. The maximum atomic E-state index is 12.3. The van der Waals surface area contributed by atoms with Crippen molar-refractivity contribution in [1.82, 2.24) is 0 Å². The number of aliphatic carboxylic acids is 1. The van der Waals surface area contributed by atoms with Gasteiger partial charge in [-0.15, -0.1) is 0 Å². The first-order chi connectivity index (χ1) is 11.1. The second kappa shape index (κ2) is 6.65. The van der Waals surface area contributed by atoms with Crippen LogP contribution >= 0.6 is 0 Å². The van der Waals surface area contributed by atoms with Gasteiger partial charge in [0.05, 0.1) is 0 Å². The molecular formula is C19H19NO3. The summed E-state index contributed by atoms with van der Waals surface area (Å²) in [6.45, 7) is 0. The van der Waals surface area contributed by atoms with Crippen molar-refractivity contribution in [1.29, 1.82) is 0 Å². The van der Waals surface area contributed by atoms with Crippen LogP contribution in [0.15, 0.2) is 42.5 Å². The number of carbonyl (C=O) groups excluding carboxylic acids is 1. The lowest BCUT2D eigenvalue weighted by Gasteiger charge is -2.08. The molecule has 0 atom stereocenters. The van der Waals surface area contributed by atoms with Gasteiger partial charge in [-0.2, -0.15) is 0 Å². The quantitative estimate of drug-likeness (QED) is 0.889. The van der Waals surface area contributed by atoms with E-state index in [1.54, 1.807) is 0 Å². The average molecular weight is 309 g/mol. The van der Waals surface area contributed by atoms with E-state index in [0.29, 0.717) is 12.0 Å². The number of carboxylic acid groups (broad SMARTS) is 1. The van der Waals surface area contributed by atoms with Gasteiger partial charge in [0, 0.05) is 17.7 Å². The molecule has 0 radical (unpaired) electrons. The van der Waals surface area contributed by atoms with Crippen LogP contribution in [0.2, 0.25) is 0 Å². The van der Waals surface area contributed by atoms with Crippen molar-refractivity contribution in [2.24, 2.45) is 0 Å². The van der Waals surface area contributed by atoms with Crippen LogP contribution in [0.4, 0.5) is 5.69 Å². The number of amides is 1. The Morgan fingerprint density at radius 2 is 1.74 bits per heavy atom. The molecule has 1 amide bonds. The third kappa shape index (κ3) is 3.77. The van der Waals surface area contributed by atoms with Gasteiger partial charge in [0.25, 0.3) is 5.91 Å². The summed E-state index contributed by atoms with van der Waals surface area (Å²) >= 11 is 0. The fraction of sp³-hybridized carbons (Fsp3) is 0.263. The Balaban J connectivity index is 1.64. The van der Waals surface area contributed by atoms with Crippen LogP contribution in [0, 0.1) is 0 Å². The van der Waals surface area contributed by atoms with Crippen LogP contribution in [-0.2, 0) is 24.1 Å². The summed E-state index contributed by atoms with van der Waals surface area (Å²) in [7, 11) is 0. The van der Waals surface area contributed by atoms with Gasteiger partial charge in [0.15, 0.2) is 0 Å². The Bertz CT molecular complexity index is 735. The van der Waals surface area contributed by atoms with E-state index in [0.717, 1.165) is 30.5 Å². The van der Waals surface area contributed by atoms with Crippen molar-refractivity contribution in [3.63, 3.8) is 0 Å². The number of fused-ring (bicyclic) bond motifs is 1. The second-order valence-corrected chi connectivity index (χ2v) is 5.88. The summed E-state index contributed by atoms with van der Waals surface area (Å²) < 4.78 is 0. The lowest BCUT2D eigenvalue weighted by Crippen LogP contribution is -2.12. The lowest BCUT2D eigenvalue weighted by atomic mass is 10.1. The number of anilines is 1. The Morgan fingerprint density at radius 1 is 1.00 bits per heavy atom. The van der Waals surface area contributed by atoms with Crippen molar-refractivity contribution in [3.05, 3.63) is 64.7 Å². The van der Waals surface area contributed by atoms with Crippen molar-refractivity contribution in [2.45, 2.75) is 32.1 Å².